The molecule has 3 aromatic carbocycles. The first-order valence-electron chi connectivity index (χ1n) is 12.7. The highest BCUT2D eigenvalue weighted by atomic mass is 16.5. The first kappa shape index (κ1) is 21.6. The normalized spacial score (nSPS) is 12.4. The number of hydrogen-bond donors (Lipinski definition) is 0. The Morgan fingerprint density at radius 3 is 2.38 bits per heavy atom. The van der Waals surface area contributed by atoms with E-state index in [1.54, 1.807) is 0 Å². The SMILES string of the molecule is C[n+]1[c-]n(-c2ccc3c(n2)N(c2ccc4c5ccccc5n(-c5ccccc5)c4n2)c2ccccc2O3)cc1. The predicted octanol–water partition coefficient (Wildman–Crippen LogP) is 6.56. The van der Waals surface area contributed by atoms with Crippen LogP contribution in [0, 0.1) is 6.33 Å². The molecular formula is C32H22N6O. The van der Waals surface area contributed by atoms with Gasteiger partial charge in [0, 0.05) is 28.9 Å². The lowest BCUT2D eigenvalue weighted by atomic mass is 10.2. The van der Waals surface area contributed by atoms with Crippen LogP contribution < -0.4 is 14.2 Å². The second-order valence-electron chi connectivity index (χ2n) is 9.50. The van der Waals surface area contributed by atoms with E-state index < -0.39 is 0 Å². The van der Waals surface area contributed by atoms with Crippen molar-refractivity contribution in [3.05, 3.63) is 122 Å². The number of para-hydroxylation sites is 4. The van der Waals surface area contributed by atoms with Gasteiger partial charge in [0.25, 0.3) is 0 Å². The van der Waals surface area contributed by atoms with Crippen LogP contribution in [0.2, 0.25) is 0 Å². The third-order valence-corrected chi connectivity index (χ3v) is 7.06. The molecule has 0 N–H and O–H groups in total. The molecule has 0 aliphatic carbocycles. The van der Waals surface area contributed by atoms with Crippen molar-refractivity contribution < 1.29 is 9.30 Å². The molecule has 0 atom stereocenters. The summed E-state index contributed by atoms with van der Waals surface area (Å²) in [5.74, 6) is 3.58. The monoisotopic (exact) mass is 506 g/mol. The van der Waals surface area contributed by atoms with E-state index in [1.165, 1.54) is 0 Å². The van der Waals surface area contributed by atoms with Crippen molar-refractivity contribution in [2.75, 3.05) is 4.90 Å². The molecule has 0 bridgehead atoms. The van der Waals surface area contributed by atoms with Crippen molar-refractivity contribution in [2.45, 2.75) is 0 Å². The number of anilines is 3. The van der Waals surface area contributed by atoms with Gasteiger partial charge < -0.3 is 13.9 Å². The summed E-state index contributed by atoms with van der Waals surface area (Å²) in [6.07, 6.45) is 7.09. The molecule has 7 heteroatoms. The van der Waals surface area contributed by atoms with E-state index in [0.717, 1.165) is 50.7 Å². The highest BCUT2D eigenvalue weighted by Gasteiger charge is 2.29. The van der Waals surface area contributed by atoms with Crippen molar-refractivity contribution in [1.82, 2.24) is 19.1 Å². The largest absolute Gasteiger partial charge is 0.451 e. The number of benzene rings is 3. The highest BCUT2D eigenvalue weighted by Crippen LogP contribution is 2.49. The summed E-state index contributed by atoms with van der Waals surface area (Å²) in [5, 5.41) is 2.26. The molecular weight excluding hydrogens is 484 g/mol. The maximum absolute atomic E-state index is 6.29. The standard InChI is InChI=1S/C32H22N6O/c1-35-19-20-36(21-35)29-18-16-28-32(33-29)38(26-13-7-8-14-27(26)39-28)30-17-15-24-23-11-5-6-12-25(23)37(31(24)34-30)22-9-3-2-4-10-22/h2-20H,1H3. The van der Waals surface area contributed by atoms with Crippen LogP contribution in [0.15, 0.2) is 116 Å². The van der Waals surface area contributed by atoms with Crippen molar-refractivity contribution in [3.8, 4) is 23.0 Å². The van der Waals surface area contributed by atoms with Gasteiger partial charge in [-0.25, -0.2) is 9.97 Å². The van der Waals surface area contributed by atoms with Gasteiger partial charge in [-0.05, 0) is 54.6 Å². The van der Waals surface area contributed by atoms with Crippen molar-refractivity contribution in [2.24, 2.45) is 7.05 Å². The van der Waals surface area contributed by atoms with Crippen LogP contribution in [-0.4, -0.2) is 19.1 Å². The average molecular weight is 507 g/mol. The predicted molar refractivity (Wildman–Crippen MR) is 150 cm³/mol. The number of aromatic nitrogens is 5. The zero-order chi connectivity index (χ0) is 25.9. The highest BCUT2D eigenvalue weighted by molar-refractivity contribution is 6.08. The minimum Gasteiger partial charge on any atom is -0.451 e. The molecule has 8 rings (SSSR count). The summed E-state index contributed by atoms with van der Waals surface area (Å²) >= 11 is 0. The van der Waals surface area contributed by atoms with Crippen molar-refractivity contribution >= 4 is 39.3 Å². The van der Waals surface area contributed by atoms with E-state index in [2.05, 4.69) is 76.5 Å². The van der Waals surface area contributed by atoms with Gasteiger partial charge in [0.05, 0.1) is 18.3 Å². The van der Waals surface area contributed by atoms with Gasteiger partial charge in [0.2, 0.25) is 6.33 Å². The Bertz CT molecular complexity index is 2020. The van der Waals surface area contributed by atoms with Crippen LogP contribution in [-0.2, 0) is 7.05 Å². The van der Waals surface area contributed by atoms with Crippen LogP contribution in [0.1, 0.15) is 0 Å². The van der Waals surface area contributed by atoms with Gasteiger partial charge >= 0.3 is 0 Å². The van der Waals surface area contributed by atoms with E-state index in [-0.39, 0.29) is 0 Å². The smallest absolute Gasteiger partial charge is 0.244 e. The van der Waals surface area contributed by atoms with Crippen LogP contribution in [0.4, 0.5) is 17.3 Å². The molecule has 1 aliphatic rings. The Morgan fingerprint density at radius 2 is 1.51 bits per heavy atom. The Balaban J connectivity index is 1.39. The zero-order valence-electron chi connectivity index (χ0n) is 21.1. The van der Waals surface area contributed by atoms with Crippen LogP contribution in [0.5, 0.6) is 11.5 Å². The quantitative estimate of drug-likeness (QED) is 0.201. The summed E-state index contributed by atoms with van der Waals surface area (Å²) in [4.78, 5) is 12.4. The number of ether oxygens (including phenoxy) is 1. The molecule has 4 aromatic heterocycles. The summed E-state index contributed by atoms with van der Waals surface area (Å²) in [5.41, 5.74) is 3.94. The maximum atomic E-state index is 6.29. The molecule has 0 saturated heterocycles. The fourth-order valence-corrected chi connectivity index (χ4v) is 5.32. The molecule has 7 aromatic rings. The zero-order valence-corrected chi connectivity index (χ0v) is 21.1. The van der Waals surface area contributed by atoms with E-state index >= 15 is 0 Å². The lowest BCUT2D eigenvalue weighted by Gasteiger charge is -2.31. The molecule has 7 nitrogen and oxygen atoms in total. The molecule has 0 saturated carbocycles. The maximum Gasteiger partial charge on any atom is 0.244 e. The van der Waals surface area contributed by atoms with Gasteiger partial charge in [-0.15, -0.1) is 0 Å². The minimum atomic E-state index is 0.666. The second-order valence-corrected chi connectivity index (χ2v) is 9.50. The van der Waals surface area contributed by atoms with E-state index in [9.17, 15) is 0 Å². The average Bonchev–Trinajstić information content (AvgIpc) is 3.57. The van der Waals surface area contributed by atoms with Gasteiger partial charge in [-0.1, -0.05) is 48.5 Å². The van der Waals surface area contributed by atoms with Gasteiger partial charge in [-0.2, -0.15) is 0 Å². The number of fused-ring (bicyclic) bond motifs is 5. The first-order valence-corrected chi connectivity index (χ1v) is 12.7. The van der Waals surface area contributed by atoms with E-state index in [1.807, 2.05) is 71.0 Å². The number of hydrogen-bond acceptors (Lipinski definition) is 4. The summed E-state index contributed by atoms with van der Waals surface area (Å²) < 4.78 is 12.2. The number of nitrogens with zero attached hydrogens (tertiary/aromatic N) is 6. The number of pyridine rings is 2. The van der Waals surface area contributed by atoms with Crippen molar-refractivity contribution in [3.63, 3.8) is 0 Å². The summed E-state index contributed by atoms with van der Waals surface area (Å²) in [6, 6.07) is 34.9. The molecule has 0 radical (unpaired) electrons. The van der Waals surface area contributed by atoms with E-state index in [0.29, 0.717) is 11.6 Å². The second kappa shape index (κ2) is 8.29. The number of imidazole rings is 1. The number of aryl methyl sites for hydroxylation is 1. The molecule has 5 heterocycles. The Morgan fingerprint density at radius 1 is 0.718 bits per heavy atom. The molecule has 0 amide bonds. The summed E-state index contributed by atoms with van der Waals surface area (Å²) in [6.45, 7) is 0. The first-order chi connectivity index (χ1) is 19.2. The molecule has 186 valence electrons. The Hall–Kier alpha value is -5.43. The lowest BCUT2D eigenvalue weighted by molar-refractivity contribution is -0.674. The van der Waals surface area contributed by atoms with Gasteiger partial charge in [-0.3, -0.25) is 9.47 Å². The molecule has 39 heavy (non-hydrogen) atoms. The van der Waals surface area contributed by atoms with Gasteiger partial charge in [0.15, 0.2) is 17.3 Å². The fourth-order valence-electron chi connectivity index (χ4n) is 5.32. The Labute approximate surface area is 224 Å². The molecule has 0 unspecified atom stereocenters. The minimum absolute atomic E-state index is 0.666. The van der Waals surface area contributed by atoms with Crippen LogP contribution in [0.25, 0.3) is 33.4 Å². The topological polar surface area (TPSA) is 52.0 Å². The molecule has 1 aliphatic heterocycles. The Kier molecular flexibility index (Phi) is 4.60. The number of rotatable bonds is 3. The van der Waals surface area contributed by atoms with Crippen LogP contribution in [0.3, 0.4) is 0 Å². The van der Waals surface area contributed by atoms with Crippen LogP contribution >= 0.6 is 0 Å². The fraction of sp³-hybridized carbons (Fsp3) is 0.0312. The third-order valence-electron chi connectivity index (χ3n) is 7.06. The van der Waals surface area contributed by atoms with Gasteiger partial charge in [0.1, 0.15) is 17.3 Å². The molecule has 0 fully saturated rings. The molecule has 0 spiro atoms. The van der Waals surface area contributed by atoms with E-state index in [4.69, 9.17) is 14.7 Å². The van der Waals surface area contributed by atoms with Crippen molar-refractivity contribution in [1.29, 1.82) is 0 Å². The third kappa shape index (κ3) is 3.33. The lowest BCUT2D eigenvalue weighted by Crippen LogP contribution is -2.24. The summed E-state index contributed by atoms with van der Waals surface area (Å²) in [7, 11) is 1.94.